The SMILES string of the molecule is CCN1\C(=C/C=C(/C=C/C2=[N+](CC)c3ccc(S(=O)(=O)O)cc3C2(C)C)SCCC(=O)O)C(C)(C)c2cc(S(=O)(=O)O)ccc21. The fraction of sp³-hybridized carbons (Fsp3) is 0.375. The number of hydrogen-bond donors (Lipinski definition) is 3. The van der Waals surface area contributed by atoms with Crippen molar-refractivity contribution in [2.75, 3.05) is 23.7 Å². The molecule has 2 heterocycles. The summed E-state index contributed by atoms with van der Waals surface area (Å²) in [5.74, 6) is -0.571. The van der Waals surface area contributed by atoms with Gasteiger partial charge in [-0.3, -0.25) is 13.9 Å². The molecule has 2 aromatic rings. The summed E-state index contributed by atoms with van der Waals surface area (Å²) in [7, 11) is -8.76. The number of carboxylic acid groups (broad SMARTS) is 1. The number of thioether (sulfide) groups is 1. The third-order valence-electron chi connectivity index (χ3n) is 8.35. The molecule has 0 unspecified atom stereocenters. The van der Waals surface area contributed by atoms with E-state index in [0.717, 1.165) is 38.8 Å². The predicted octanol–water partition coefficient (Wildman–Crippen LogP) is 5.93. The zero-order valence-electron chi connectivity index (χ0n) is 26.1. The van der Waals surface area contributed by atoms with Crippen molar-refractivity contribution in [2.24, 2.45) is 0 Å². The topological polar surface area (TPSA) is 152 Å². The summed E-state index contributed by atoms with van der Waals surface area (Å²) in [4.78, 5) is 13.8. The summed E-state index contributed by atoms with van der Waals surface area (Å²) >= 11 is 1.39. The molecule has 0 saturated heterocycles. The van der Waals surface area contributed by atoms with Gasteiger partial charge in [0.05, 0.1) is 21.6 Å². The normalized spacial score (nSPS) is 18.6. The van der Waals surface area contributed by atoms with Crippen molar-refractivity contribution in [3.63, 3.8) is 0 Å². The van der Waals surface area contributed by atoms with Crippen LogP contribution in [0.4, 0.5) is 11.4 Å². The summed E-state index contributed by atoms with van der Waals surface area (Å²) in [6.07, 6.45) is 7.72. The van der Waals surface area contributed by atoms with E-state index in [0.29, 0.717) is 18.8 Å². The third kappa shape index (κ3) is 6.82. The number of aliphatic carboxylic acids is 1. The zero-order chi connectivity index (χ0) is 33.5. The first-order valence-electron chi connectivity index (χ1n) is 14.5. The van der Waals surface area contributed by atoms with Gasteiger partial charge in [0.25, 0.3) is 20.2 Å². The van der Waals surface area contributed by atoms with Gasteiger partial charge in [0.2, 0.25) is 5.69 Å². The maximum Gasteiger partial charge on any atom is 0.304 e. The Morgan fingerprint density at radius 3 is 2.09 bits per heavy atom. The van der Waals surface area contributed by atoms with Crippen LogP contribution < -0.4 is 4.90 Å². The van der Waals surface area contributed by atoms with E-state index in [1.165, 1.54) is 36.0 Å². The van der Waals surface area contributed by atoms with E-state index in [1.54, 1.807) is 12.1 Å². The number of allylic oxidation sites excluding steroid dienone is 5. The Morgan fingerprint density at radius 2 is 1.53 bits per heavy atom. The molecule has 0 aliphatic carbocycles. The van der Waals surface area contributed by atoms with Crippen LogP contribution in [-0.2, 0) is 35.9 Å². The van der Waals surface area contributed by atoms with Crippen molar-refractivity contribution in [1.82, 2.24) is 0 Å². The second-order valence-electron chi connectivity index (χ2n) is 11.9. The molecule has 0 saturated carbocycles. The number of carbonyl (C=O) groups is 1. The standard InChI is InChI=1S/C32H38N2O8S3/c1-7-33-26-13-11-22(44(37,38)39)19-24(26)31(3,4)28(33)15-9-21(43-18-17-30(35)36)10-16-29-32(5,6)25-20-23(45(40,41)42)12-14-27(25)34(29)8-2/h9-16,19-20H,7-8,17-18H2,1-6H3,(H2-,35,36,37,38,39,40,41,42)/p+1. The van der Waals surface area contributed by atoms with Gasteiger partial charge in [-0.1, -0.05) is 13.8 Å². The number of nitrogens with zero attached hydrogens (tertiary/aromatic N) is 2. The molecule has 13 heteroatoms. The molecule has 0 atom stereocenters. The molecule has 3 N–H and O–H groups in total. The largest absolute Gasteiger partial charge is 0.481 e. The lowest BCUT2D eigenvalue weighted by Crippen LogP contribution is -2.27. The summed E-state index contributed by atoms with van der Waals surface area (Å²) in [6, 6.07) is 9.17. The van der Waals surface area contributed by atoms with Crippen molar-refractivity contribution in [3.05, 3.63) is 82.4 Å². The monoisotopic (exact) mass is 675 g/mol. The van der Waals surface area contributed by atoms with Gasteiger partial charge in [-0.25, -0.2) is 0 Å². The van der Waals surface area contributed by atoms with E-state index >= 15 is 0 Å². The van der Waals surface area contributed by atoms with Gasteiger partial charge in [-0.05, 0) is 81.8 Å². The molecular weight excluding hydrogens is 637 g/mol. The van der Waals surface area contributed by atoms with Crippen LogP contribution >= 0.6 is 11.8 Å². The van der Waals surface area contributed by atoms with Crippen LogP contribution in [0.25, 0.3) is 0 Å². The second-order valence-corrected chi connectivity index (χ2v) is 15.9. The maximum absolute atomic E-state index is 11.9. The van der Waals surface area contributed by atoms with Crippen LogP contribution in [0.2, 0.25) is 0 Å². The van der Waals surface area contributed by atoms with Crippen LogP contribution in [0.3, 0.4) is 0 Å². The van der Waals surface area contributed by atoms with Gasteiger partial charge in [-0.15, -0.1) is 11.8 Å². The Labute approximate surface area is 269 Å². The molecule has 0 amide bonds. The average Bonchev–Trinajstić information content (AvgIpc) is 3.30. The minimum atomic E-state index is -4.38. The van der Waals surface area contributed by atoms with Crippen LogP contribution in [0, 0.1) is 0 Å². The summed E-state index contributed by atoms with van der Waals surface area (Å²) in [5, 5.41) is 9.26. The lowest BCUT2D eigenvalue weighted by Gasteiger charge is -2.26. The van der Waals surface area contributed by atoms with Gasteiger partial charge in [0.15, 0.2) is 5.71 Å². The molecule has 0 radical (unpaired) electrons. The van der Waals surface area contributed by atoms with Crippen LogP contribution in [0.5, 0.6) is 0 Å². The molecule has 242 valence electrons. The van der Waals surface area contributed by atoms with Crippen molar-refractivity contribution >= 4 is 55.1 Å². The minimum absolute atomic E-state index is 0.0319. The Balaban J connectivity index is 1.78. The average molecular weight is 676 g/mol. The third-order valence-corrected chi connectivity index (χ3v) is 11.1. The quantitative estimate of drug-likeness (QED) is 0.149. The van der Waals surface area contributed by atoms with Crippen molar-refractivity contribution in [1.29, 1.82) is 0 Å². The van der Waals surface area contributed by atoms with Gasteiger partial charge < -0.3 is 10.0 Å². The van der Waals surface area contributed by atoms with Crippen molar-refractivity contribution in [3.8, 4) is 0 Å². The number of rotatable bonds is 11. The first kappa shape index (κ1) is 34.6. The fourth-order valence-corrected chi connectivity index (χ4v) is 7.90. The highest BCUT2D eigenvalue weighted by molar-refractivity contribution is 8.03. The number of anilines is 1. The smallest absolute Gasteiger partial charge is 0.304 e. The van der Waals surface area contributed by atoms with Crippen LogP contribution in [0.1, 0.15) is 59.1 Å². The highest BCUT2D eigenvalue weighted by Gasteiger charge is 2.44. The van der Waals surface area contributed by atoms with Gasteiger partial charge in [-0.2, -0.15) is 21.4 Å². The number of hydrogen-bond acceptors (Lipinski definition) is 7. The lowest BCUT2D eigenvalue weighted by molar-refractivity contribution is -0.433. The Morgan fingerprint density at radius 1 is 0.933 bits per heavy atom. The molecular formula is C32H39N2O8S3+. The van der Waals surface area contributed by atoms with E-state index in [2.05, 4.69) is 9.48 Å². The Hall–Kier alpha value is -3.23. The fourth-order valence-electron chi connectivity index (χ4n) is 6.04. The van der Waals surface area contributed by atoms with Crippen molar-refractivity contribution in [2.45, 2.75) is 68.6 Å². The molecule has 0 fully saturated rings. The Bertz CT molecular complexity index is 1890. The molecule has 2 aliphatic rings. The summed E-state index contributed by atoms with van der Waals surface area (Å²) < 4.78 is 68.8. The lowest BCUT2D eigenvalue weighted by atomic mass is 9.81. The highest BCUT2D eigenvalue weighted by Crippen LogP contribution is 2.48. The number of likely N-dealkylation sites (N-methyl/N-ethyl adjacent to an activating group) is 1. The molecule has 45 heavy (non-hydrogen) atoms. The van der Waals surface area contributed by atoms with Gasteiger partial charge in [0, 0.05) is 51.7 Å². The molecule has 0 bridgehead atoms. The van der Waals surface area contributed by atoms with Gasteiger partial charge >= 0.3 is 5.97 Å². The second kappa shape index (κ2) is 12.5. The minimum Gasteiger partial charge on any atom is -0.481 e. The predicted molar refractivity (Wildman–Crippen MR) is 177 cm³/mol. The van der Waals surface area contributed by atoms with Crippen LogP contribution in [-0.4, -0.2) is 66.1 Å². The van der Waals surface area contributed by atoms with E-state index in [-0.39, 0.29) is 16.2 Å². The summed E-state index contributed by atoms with van der Waals surface area (Å²) in [5.41, 5.74) is 3.83. The Kier molecular flexibility index (Phi) is 9.64. The molecule has 0 spiro atoms. The molecule has 2 aliphatic heterocycles. The molecule has 10 nitrogen and oxygen atoms in total. The van der Waals surface area contributed by atoms with E-state index in [9.17, 15) is 35.8 Å². The first-order valence-corrected chi connectivity index (χ1v) is 18.3. The van der Waals surface area contributed by atoms with Crippen LogP contribution in [0.15, 0.2) is 81.1 Å². The maximum atomic E-state index is 11.9. The highest BCUT2D eigenvalue weighted by atomic mass is 32.2. The number of carboxylic acids is 1. The molecule has 4 rings (SSSR count). The van der Waals surface area contributed by atoms with Crippen molar-refractivity contribution < 1.29 is 40.4 Å². The van der Waals surface area contributed by atoms with E-state index < -0.39 is 37.0 Å². The molecule has 2 aromatic carbocycles. The van der Waals surface area contributed by atoms with E-state index in [1.807, 2.05) is 65.8 Å². The summed E-state index contributed by atoms with van der Waals surface area (Å²) in [6.45, 7) is 13.1. The van der Waals surface area contributed by atoms with Gasteiger partial charge in [0.1, 0.15) is 6.54 Å². The first-order chi connectivity index (χ1) is 20.8. The molecule has 0 aromatic heterocycles. The van der Waals surface area contributed by atoms with E-state index in [4.69, 9.17) is 0 Å². The zero-order valence-corrected chi connectivity index (χ0v) is 28.6. The number of fused-ring (bicyclic) bond motifs is 2. The number of benzene rings is 2.